The molecule has 1 aromatic rings. The van der Waals surface area contributed by atoms with Crippen LogP contribution < -0.4 is 11.1 Å². The van der Waals surface area contributed by atoms with Crippen molar-refractivity contribution < 1.29 is 16.8 Å². The minimum absolute atomic E-state index is 0.0825. The molecule has 9 heteroatoms. The van der Waals surface area contributed by atoms with Crippen molar-refractivity contribution in [3.63, 3.8) is 0 Å². The number of nitrogens with two attached hydrogens (primary N) is 1. The summed E-state index contributed by atoms with van der Waals surface area (Å²) in [7, 11) is -6.19. The smallest absolute Gasteiger partial charge is 0.153 e. The summed E-state index contributed by atoms with van der Waals surface area (Å²) in [5.41, 5.74) is 7.40. The fourth-order valence-corrected chi connectivity index (χ4v) is 8.11. The minimum atomic E-state index is -3.09. The third kappa shape index (κ3) is 2.94. The third-order valence-electron chi connectivity index (χ3n) is 5.27. The van der Waals surface area contributed by atoms with E-state index in [9.17, 15) is 16.8 Å². The molecular formula is C15H21N3O4S2. The van der Waals surface area contributed by atoms with Gasteiger partial charge >= 0.3 is 0 Å². The monoisotopic (exact) mass is 371 g/mol. The molecule has 0 saturated carbocycles. The second kappa shape index (κ2) is 5.42. The van der Waals surface area contributed by atoms with E-state index < -0.39 is 19.7 Å². The molecule has 7 nitrogen and oxygen atoms in total. The molecule has 3 saturated heterocycles. The van der Waals surface area contributed by atoms with Crippen LogP contribution in [0.15, 0.2) is 24.3 Å². The second-order valence-electron chi connectivity index (χ2n) is 7.08. The van der Waals surface area contributed by atoms with E-state index in [4.69, 9.17) is 5.73 Å². The highest BCUT2D eigenvalue weighted by atomic mass is 32.2. The maximum Gasteiger partial charge on any atom is 0.153 e. The molecule has 0 amide bonds. The molecule has 3 heterocycles. The van der Waals surface area contributed by atoms with E-state index in [0.29, 0.717) is 12.2 Å². The van der Waals surface area contributed by atoms with Crippen LogP contribution in [0.3, 0.4) is 0 Å². The SMILES string of the molecule is Nc1ccc(CN2[C@@H]3CS(=O)(=O)C[C@@H]3N[C@@H]3CS(=O)(=O)C[C@@H]32)cc1. The van der Waals surface area contributed by atoms with E-state index in [-0.39, 0.29) is 47.2 Å². The Hall–Kier alpha value is -1.16. The van der Waals surface area contributed by atoms with Gasteiger partial charge in [-0.3, -0.25) is 4.90 Å². The van der Waals surface area contributed by atoms with E-state index in [1.165, 1.54) is 0 Å². The van der Waals surface area contributed by atoms with Crippen molar-refractivity contribution in [2.24, 2.45) is 0 Å². The second-order valence-corrected chi connectivity index (χ2v) is 11.4. The van der Waals surface area contributed by atoms with Crippen LogP contribution in [0, 0.1) is 0 Å². The van der Waals surface area contributed by atoms with Crippen LogP contribution in [0.5, 0.6) is 0 Å². The van der Waals surface area contributed by atoms with Crippen molar-refractivity contribution in [2.45, 2.75) is 30.7 Å². The molecular weight excluding hydrogens is 350 g/mol. The average molecular weight is 371 g/mol. The number of hydrogen-bond donors (Lipinski definition) is 2. The van der Waals surface area contributed by atoms with Crippen LogP contribution in [-0.2, 0) is 26.2 Å². The summed E-state index contributed by atoms with van der Waals surface area (Å²) in [4.78, 5) is 2.09. The molecule has 3 aliphatic heterocycles. The summed E-state index contributed by atoms with van der Waals surface area (Å²) in [6.45, 7) is 0.537. The van der Waals surface area contributed by atoms with Crippen molar-refractivity contribution in [3.8, 4) is 0 Å². The first kappa shape index (κ1) is 16.3. The molecule has 4 rings (SSSR count). The quantitative estimate of drug-likeness (QED) is 0.642. The predicted molar refractivity (Wildman–Crippen MR) is 92.0 cm³/mol. The molecule has 4 atom stereocenters. The molecule has 0 aromatic heterocycles. The largest absolute Gasteiger partial charge is 0.399 e. The molecule has 1 aromatic carbocycles. The minimum Gasteiger partial charge on any atom is -0.399 e. The van der Waals surface area contributed by atoms with Crippen molar-refractivity contribution in [1.29, 1.82) is 0 Å². The normalized spacial score (nSPS) is 37.0. The number of nitrogens with zero attached hydrogens (tertiary/aromatic N) is 1. The number of nitrogen functional groups attached to an aromatic ring is 1. The number of hydrogen-bond acceptors (Lipinski definition) is 7. The van der Waals surface area contributed by atoms with Crippen LogP contribution >= 0.6 is 0 Å². The zero-order chi connectivity index (χ0) is 17.1. The number of benzene rings is 1. The van der Waals surface area contributed by atoms with E-state index >= 15 is 0 Å². The molecule has 0 radical (unpaired) electrons. The van der Waals surface area contributed by atoms with E-state index in [1.54, 1.807) is 0 Å². The number of piperazine rings is 1. The van der Waals surface area contributed by atoms with E-state index in [2.05, 4.69) is 10.2 Å². The Morgan fingerprint density at radius 1 is 0.917 bits per heavy atom. The van der Waals surface area contributed by atoms with Crippen molar-refractivity contribution >= 4 is 25.4 Å². The highest BCUT2D eigenvalue weighted by Crippen LogP contribution is 2.32. The molecule has 0 spiro atoms. The molecule has 0 aliphatic carbocycles. The Morgan fingerprint density at radius 2 is 1.42 bits per heavy atom. The first-order valence-corrected chi connectivity index (χ1v) is 11.6. The Balaban J connectivity index is 1.67. The van der Waals surface area contributed by atoms with Gasteiger partial charge in [-0.2, -0.15) is 0 Å². The van der Waals surface area contributed by atoms with Gasteiger partial charge in [0.25, 0.3) is 0 Å². The Bertz CT molecular complexity index is 803. The lowest BCUT2D eigenvalue weighted by Gasteiger charge is -2.45. The first-order valence-electron chi connectivity index (χ1n) is 7.99. The van der Waals surface area contributed by atoms with Crippen molar-refractivity contribution in [1.82, 2.24) is 10.2 Å². The van der Waals surface area contributed by atoms with Gasteiger partial charge in [-0.05, 0) is 17.7 Å². The van der Waals surface area contributed by atoms with Crippen LogP contribution in [-0.4, -0.2) is 68.9 Å². The lowest BCUT2D eigenvalue weighted by Crippen LogP contribution is -2.66. The van der Waals surface area contributed by atoms with Gasteiger partial charge in [0.05, 0.1) is 23.0 Å². The van der Waals surface area contributed by atoms with E-state index in [1.807, 2.05) is 24.3 Å². The number of anilines is 1. The van der Waals surface area contributed by atoms with Crippen LogP contribution in [0.25, 0.3) is 0 Å². The summed E-state index contributed by atoms with van der Waals surface area (Å²) in [5, 5.41) is 3.29. The third-order valence-corrected chi connectivity index (χ3v) is 8.70. The zero-order valence-corrected chi connectivity index (χ0v) is 14.8. The van der Waals surface area contributed by atoms with Gasteiger partial charge in [0.15, 0.2) is 19.7 Å². The molecule has 132 valence electrons. The predicted octanol–water partition coefficient (Wildman–Crippen LogP) is -0.995. The Morgan fingerprint density at radius 3 is 1.92 bits per heavy atom. The number of fused-ring (bicyclic) bond motifs is 2. The van der Waals surface area contributed by atoms with Crippen LogP contribution in [0.2, 0.25) is 0 Å². The summed E-state index contributed by atoms with van der Waals surface area (Å²) in [6, 6.07) is 6.69. The fourth-order valence-electron chi connectivity index (χ4n) is 4.22. The molecule has 0 unspecified atom stereocenters. The van der Waals surface area contributed by atoms with Gasteiger partial charge in [-0.1, -0.05) is 12.1 Å². The first-order chi connectivity index (χ1) is 11.2. The average Bonchev–Trinajstić information content (AvgIpc) is 2.94. The summed E-state index contributed by atoms with van der Waals surface area (Å²) < 4.78 is 48.3. The molecule has 3 aliphatic rings. The number of nitrogens with one attached hydrogen (secondary N) is 1. The number of rotatable bonds is 2. The van der Waals surface area contributed by atoms with Gasteiger partial charge in [0, 0.05) is 36.4 Å². The Kier molecular flexibility index (Phi) is 3.68. The summed E-state index contributed by atoms with van der Waals surface area (Å²) >= 11 is 0. The Labute approximate surface area is 142 Å². The number of sulfone groups is 2. The highest BCUT2D eigenvalue weighted by Gasteiger charge is 2.53. The molecule has 3 N–H and O–H groups in total. The fraction of sp³-hybridized carbons (Fsp3) is 0.600. The van der Waals surface area contributed by atoms with Gasteiger partial charge < -0.3 is 11.1 Å². The lowest BCUT2D eigenvalue weighted by molar-refractivity contribution is 0.0678. The zero-order valence-electron chi connectivity index (χ0n) is 13.1. The van der Waals surface area contributed by atoms with Gasteiger partial charge in [0.2, 0.25) is 0 Å². The molecule has 3 fully saturated rings. The van der Waals surface area contributed by atoms with Crippen LogP contribution in [0.4, 0.5) is 5.69 Å². The van der Waals surface area contributed by atoms with Gasteiger partial charge in [0.1, 0.15) is 0 Å². The van der Waals surface area contributed by atoms with Gasteiger partial charge in [-0.15, -0.1) is 0 Å². The summed E-state index contributed by atoms with van der Waals surface area (Å²) in [5.74, 6) is 0.337. The highest BCUT2D eigenvalue weighted by molar-refractivity contribution is 7.92. The molecule has 24 heavy (non-hydrogen) atoms. The van der Waals surface area contributed by atoms with Crippen molar-refractivity contribution in [2.75, 3.05) is 28.7 Å². The maximum atomic E-state index is 12.1. The maximum absolute atomic E-state index is 12.1. The van der Waals surface area contributed by atoms with Crippen molar-refractivity contribution in [3.05, 3.63) is 29.8 Å². The van der Waals surface area contributed by atoms with E-state index in [0.717, 1.165) is 5.56 Å². The van der Waals surface area contributed by atoms with Crippen LogP contribution in [0.1, 0.15) is 5.56 Å². The molecule has 0 bridgehead atoms. The van der Waals surface area contributed by atoms with Gasteiger partial charge in [-0.25, -0.2) is 16.8 Å². The lowest BCUT2D eigenvalue weighted by atomic mass is 9.96. The topological polar surface area (TPSA) is 110 Å². The standard InChI is InChI=1S/C15H21N3O4S2/c16-11-3-1-10(2-4-11)5-18-14-8-23(19,20)6-12(14)17-13-7-24(21,22)9-15(13)18/h1-4,12-15,17H,5-9,16H2/t12-,13+,14+,15-. The summed E-state index contributed by atoms with van der Waals surface area (Å²) in [6.07, 6.45) is 0.